The molecule has 1 aromatic rings. The third-order valence-electron chi connectivity index (χ3n) is 2.19. The molecule has 0 fully saturated rings. The zero-order valence-electron chi connectivity index (χ0n) is 10.8. The second-order valence-electron chi connectivity index (χ2n) is 5.07. The van der Waals surface area contributed by atoms with Crippen LogP contribution in [-0.4, -0.2) is 17.2 Å². The van der Waals surface area contributed by atoms with Crippen molar-refractivity contribution in [1.29, 1.82) is 0 Å². The second-order valence-corrected chi connectivity index (χ2v) is 6.20. The molecule has 0 amide bonds. The summed E-state index contributed by atoms with van der Waals surface area (Å²) in [6, 6.07) is 9.81. The normalized spacial score (nSPS) is 11.5. The molecule has 0 radical (unpaired) electrons. The number of carbonyl (C=O) groups excluding carboxylic acids is 1. The van der Waals surface area contributed by atoms with E-state index in [9.17, 15) is 4.79 Å². The van der Waals surface area contributed by atoms with Crippen molar-refractivity contribution < 1.29 is 4.79 Å². The van der Waals surface area contributed by atoms with E-state index < -0.39 is 0 Å². The summed E-state index contributed by atoms with van der Waals surface area (Å²) in [5.41, 5.74) is 0.135. The largest absolute Gasteiger partial charge is 0.312 e. The Kier molecular flexibility index (Phi) is 5.72. The molecule has 0 aromatic heterocycles. The number of carbonyl (C=O) groups is 1. The lowest BCUT2D eigenvalue weighted by molar-refractivity contribution is -0.111. The monoisotopic (exact) mass is 251 g/mol. The van der Waals surface area contributed by atoms with Gasteiger partial charge < -0.3 is 5.32 Å². The number of hydrogen-bond acceptors (Lipinski definition) is 3. The average molecular weight is 251 g/mol. The van der Waals surface area contributed by atoms with Crippen molar-refractivity contribution in [1.82, 2.24) is 5.32 Å². The van der Waals surface area contributed by atoms with E-state index in [2.05, 4.69) is 26.1 Å². The van der Waals surface area contributed by atoms with Gasteiger partial charge in [0.1, 0.15) is 0 Å². The van der Waals surface area contributed by atoms with Crippen molar-refractivity contribution in [3.63, 3.8) is 0 Å². The highest BCUT2D eigenvalue weighted by atomic mass is 32.2. The minimum atomic E-state index is 0.135. The van der Waals surface area contributed by atoms with Gasteiger partial charge in [0.2, 0.25) is 0 Å². The van der Waals surface area contributed by atoms with E-state index in [-0.39, 0.29) is 10.7 Å². The van der Waals surface area contributed by atoms with Crippen LogP contribution in [0.2, 0.25) is 0 Å². The molecule has 0 heterocycles. The number of thioether (sulfide) groups is 1. The lowest BCUT2D eigenvalue weighted by Crippen LogP contribution is -2.36. The Morgan fingerprint density at radius 2 is 1.88 bits per heavy atom. The van der Waals surface area contributed by atoms with Crippen LogP contribution >= 0.6 is 11.8 Å². The van der Waals surface area contributed by atoms with E-state index in [1.165, 1.54) is 11.8 Å². The van der Waals surface area contributed by atoms with Crippen molar-refractivity contribution in [3.05, 3.63) is 30.3 Å². The summed E-state index contributed by atoms with van der Waals surface area (Å²) in [5.74, 6) is 0. The predicted molar refractivity (Wildman–Crippen MR) is 74.3 cm³/mol. The predicted octanol–water partition coefficient (Wildman–Crippen LogP) is 3.47. The Hall–Kier alpha value is -0.800. The first-order valence-electron chi connectivity index (χ1n) is 5.98. The molecule has 0 aliphatic rings. The van der Waals surface area contributed by atoms with Crippen molar-refractivity contribution in [2.24, 2.45) is 0 Å². The molecule has 0 aliphatic heterocycles. The highest BCUT2D eigenvalue weighted by Crippen LogP contribution is 2.19. The van der Waals surface area contributed by atoms with E-state index >= 15 is 0 Å². The van der Waals surface area contributed by atoms with Crippen molar-refractivity contribution in [2.45, 2.75) is 44.0 Å². The topological polar surface area (TPSA) is 29.1 Å². The Morgan fingerprint density at radius 1 is 1.24 bits per heavy atom. The van der Waals surface area contributed by atoms with Crippen LogP contribution < -0.4 is 5.32 Å². The van der Waals surface area contributed by atoms with Gasteiger partial charge in [0.05, 0.1) is 0 Å². The minimum Gasteiger partial charge on any atom is -0.312 e. The fraction of sp³-hybridized carbons (Fsp3) is 0.500. The summed E-state index contributed by atoms with van der Waals surface area (Å²) in [6.45, 7) is 7.29. The van der Waals surface area contributed by atoms with Gasteiger partial charge in [-0.1, -0.05) is 30.0 Å². The summed E-state index contributed by atoms with van der Waals surface area (Å²) >= 11 is 1.33. The van der Waals surface area contributed by atoms with Gasteiger partial charge in [-0.3, -0.25) is 4.79 Å². The summed E-state index contributed by atoms with van der Waals surface area (Å²) in [6.07, 6.45) is 1.53. The Labute approximate surface area is 108 Å². The van der Waals surface area contributed by atoms with Crippen molar-refractivity contribution in [3.8, 4) is 0 Å². The molecule has 0 saturated heterocycles. The Balaban J connectivity index is 2.18. The molecule has 2 nitrogen and oxygen atoms in total. The molecule has 1 rings (SSSR count). The molecule has 0 aliphatic carbocycles. The molecule has 0 spiro atoms. The third-order valence-corrected chi connectivity index (χ3v) is 3.13. The van der Waals surface area contributed by atoms with Crippen LogP contribution in [0.15, 0.2) is 35.2 Å². The highest BCUT2D eigenvalue weighted by molar-refractivity contribution is 8.13. The molecule has 0 saturated carbocycles. The highest BCUT2D eigenvalue weighted by Gasteiger charge is 2.09. The van der Waals surface area contributed by atoms with Crippen LogP contribution in [-0.2, 0) is 4.79 Å². The van der Waals surface area contributed by atoms with E-state index in [1.54, 1.807) is 0 Å². The third kappa shape index (κ3) is 7.18. The molecule has 0 atom stereocenters. The second kappa shape index (κ2) is 6.82. The van der Waals surface area contributed by atoms with Gasteiger partial charge in [-0.2, -0.15) is 0 Å². The van der Waals surface area contributed by atoms with Crippen LogP contribution in [0, 0.1) is 0 Å². The number of rotatable bonds is 5. The zero-order chi connectivity index (χ0) is 12.7. The molecule has 3 heteroatoms. The van der Waals surface area contributed by atoms with E-state index in [0.717, 1.165) is 17.9 Å². The minimum absolute atomic E-state index is 0.135. The number of nitrogens with one attached hydrogen (secondary N) is 1. The molecule has 17 heavy (non-hydrogen) atoms. The number of benzene rings is 1. The SMILES string of the molecule is CC(C)(C)NCCCC(=O)Sc1ccccc1. The zero-order valence-corrected chi connectivity index (χ0v) is 11.6. The molecule has 1 N–H and O–H groups in total. The van der Waals surface area contributed by atoms with E-state index in [0.29, 0.717) is 6.42 Å². The maximum absolute atomic E-state index is 11.7. The fourth-order valence-electron chi connectivity index (χ4n) is 1.37. The molecule has 0 bridgehead atoms. The van der Waals surface area contributed by atoms with Gasteiger partial charge in [-0.15, -0.1) is 0 Å². The summed E-state index contributed by atoms with van der Waals surface area (Å²) in [5, 5.41) is 3.62. The molecular weight excluding hydrogens is 230 g/mol. The van der Waals surface area contributed by atoms with Crippen molar-refractivity contribution in [2.75, 3.05) is 6.54 Å². The molecule has 1 aromatic carbocycles. The van der Waals surface area contributed by atoms with Gasteiger partial charge in [0.25, 0.3) is 0 Å². The van der Waals surface area contributed by atoms with Crippen LogP contribution in [0.3, 0.4) is 0 Å². The lowest BCUT2D eigenvalue weighted by Gasteiger charge is -2.20. The lowest BCUT2D eigenvalue weighted by atomic mass is 10.1. The van der Waals surface area contributed by atoms with Crippen LogP contribution in [0.25, 0.3) is 0 Å². The smallest absolute Gasteiger partial charge is 0.193 e. The quantitative estimate of drug-likeness (QED) is 0.642. The van der Waals surface area contributed by atoms with Gasteiger partial charge in [0.15, 0.2) is 5.12 Å². The summed E-state index contributed by atoms with van der Waals surface area (Å²) in [7, 11) is 0. The Bertz CT molecular complexity index is 343. The molecule has 94 valence electrons. The summed E-state index contributed by atoms with van der Waals surface area (Å²) in [4.78, 5) is 12.7. The standard InChI is InChI=1S/C14H21NOS/c1-14(2,3)15-11-7-10-13(16)17-12-8-5-4-6-9-12/h4-6,8-9,15H,7,10-11H2,1-3H3. The van der Waals surface area contributed by atoms with Crippen LogP contribution in [0.1, 0.15) is 33.6 Å². The molecule has 0 unspecified atom stereocenters. The van der Waals surface area contributed by atoms with Crippen molar-refractivity contribution >= 4 is 16.9 Å². The van der Waals surface area contributed by atoms with Gasteiger partial charge in [-0.05, 0) is 45.9 Å². The van der Waals surface area contributed by atoms with E-state index in [4.69, 9.17) is 0 Å². The van der Waals surface area contributed by atoms with Gasteiger partial charge in [-0.25, -0.2) is 0 Å². The maximum atomic E-state index is 11.7. The average Bonchev–Trinajstić information content (AvgIpc) is 2.25. The molecular formula is C14H21NOS. The van der Waals surface area contributed by atoms with Crippen LogP contribution in [0.4, 0.5) is 0 Å². The Morgan fingerprint density at radius 3 is 2.47 bits per heavy atom. The first-order valence-corrected chi connectivity index (χ1v) is 6.80. The first-order chi connectivity index (χ1) is 7.97. The maximum Gasteiger partial charge on any atom is 0.193 e. The fourth-order valence-corrected chi connectivity index (χ4v) is 2.17. The first kappa shape index (κ1) is 14.3. The van der Waals surface area contributed by atoms with E-state index in [1.807, 2.05) is 30.3 Å². The van der Waals surface area contributed by atoms with Gasteiger partial charge >= 0.3 is 0 Å². The van der Waals surface area contributed by atoms with Crippen LogP contribution in [0.5, 0.6) is 0 Å². The van der Waals surface area contributed by atoms with Gasteiger partial charge in [0, 0.05) is 16.9 Å². The summed E-state index contributed by atoms with van der Waals surface area (Å²) < 4.78 is 0. The number of hydrogen-bond donors (Lipinski definition) is 1.